The number of benzene rings is 2. The van der Waals surface area contributed by atoms with Gasteiger partial charge in [0.2, 0.25) is 0 Å². The quantitative estimate of drug-likeness (QED) is 0.619. The normalized spacial score (nSPS) is 23.9. The third-order valence-electron chi connectivity index (χ3n) is 4.50. The van der Waals surface area contributed by atoms with Crippen molar-refractivity contribution in [2.45, 2.75) is 31.4 Å². The maximum atomic E-state index is 6.74. The van der Waals surface area contributed by atoms with Gasteiger partial charge in [-0.25, -0.2) is 0 Å². The molecule has 108 valence electrons. The first-order chi connectivity index (χ1) is 10.3. The topological polar surface area (TPSA) is 9.23 Å². The fraction of sp³-hybridized carbons (Fsp3) is 0.263. The van der Waals surface area contributed by atoms with Gasteiger partial charge in [-0.3, -0.25) is 0 Å². The van der Waals surface area contributed by atoms with Crippen molar-refractivity contribution >= 4 is 18.7 Å². The molecule has 2 atom stereocenters. The van der Waals surface area contributed by atoms with Crippen molar-refractivity contribution in [2.24, 2.45) is 0 Å². The van der Waals surface area contributed by atoms with Crippen molar-refractivity contribution in [1.82, 2.24) is 0 Å². The third kappa shape index (κ3) is 2.50. The largest absolute Gasteiger partial charge is 0.404 e. The van der Waals surface area contributed by atoms with E-state index in [1.807, 2.05) is 6.08 Å². The van der Waals surface area contributed by atoms with Crippen LogP contribution in [0.2, 0.25) is 5.54 Å². The highest BCUT2D eigenvalue weighted by molar-refractivity contribution is 6.98. The second-order valence-corrected chi connectivity index (χ2v) is 9.72. The summed E-state index contributed by atoms with van der Waals surface area (Å²) in [5.41, 5.74) is 0.576. The SMILES string of the molecule is C=CC[C@H]1C[C@H](C)[Si](c2ccccc2)(c2ccccc2)O1. The van der Waals surface area contributed by atoms with Crippen LogP contribution in [0, 0.1) is 0 Å². The van der Waals surface area contributed by atoms with Gasteiger partial charge in [-0.1, -0.05) is 73.7 Å². The highest BCUT2D eigenvalue weighted by atomic mass is 28.4. The second-order valence-electron chi connectivity index (χ2n) is 5.87. The predicted molar refractivity (Wildman–Crippen MR) is 91.6 cm³/mol. The van der Waals surface area contributed by atoms with E-state index < -0.39 is 8.32 Å². The van der Waals surface area contributed by atoms with Crippen molar-refractivity contribution in [1.29, 1.82) is 0 Å². The Morgan fingerprint density at radius 3 is 2.05 bits per heavy atom. The average molecular weight is 294 g/mol. The van der Waals surface area contributed by atoms with E-state index in [0.717, 1.165) is 12.8 Å². The molecule has 2 aromatic rings. The second kappa shape index (κ2) is 6.00. The number of hydrogen-bond donors (Lipinski definition) is 0. The molecule has 0 bridgehead atoms. The summed E-state index contributed by atoms with van der Waals surface area (Å²) < 4.78 is 6.74. The van der Waals surface area contributed by atoms with Crippen molar-refractivity contribution in [3.8, 4) is 0 Å². The maximum absolute atomic E-state index is 6.74. The van der Waals surface area contributed by atoms with Crippen LogP contribution in [-0.4, -0.2) is 14.4 Å². The lowest BCUT2D eigenvalue weighted by Gasteiger charge is -2.31. The first kappa shape index (κ1) is 14.3. The first-order valence-corrected chi connectivity index (χ1v) is 9.65. The highest BCUT2D eigenvalue weighted by Crippen LogP contribution is 2.38. The minimum absolute atomic E-state index is 0.310. The van der Waals surface area contributed by atoms with Gasteiger partial charge < -0.3 is 4.43 Å². The summed E-state index contributed by atoms with van der Waals surface area (Å²) in [6.07, 6.45) is 4.36. The summed E-state index contributed by atoms with van der Waals surface area (Å²) in [7, 11) is -2.14. The zero-order valence-electron chi connectivity index (χ0n) is 12.5. The first-order valence-electron chi connectivity index (χ1n) is 7.67. The fourth-order valence-electron chi connectivity index (χ4n) is 3.56. The van der Waals surface area contributed by atoms with Gasteiger partial charge in [-0.05, 0) is 28.8 Å². The van der Waals surface area contributed by atoms with Gasteiger partial charge in [-0.2, -0.15) is 0 Å². The summed E-state index contributed by atoms with van der Waals surface area (Å²) in [6, 6.07) is 21.6. The monoisotopic (exact) mass is 294 g/mol. The summed E-state index contributed by atoms with van der Waals surface area (Å²) in [5.74, 6) is 0. The zero-order valence-corrected chi connectivity index (χ0v) is 13.5. The molecule has 2 aromatic carbocycles. The molecule has 1 aliphatic heterocycles. The van der Waals surface area contributed by atoms with Crippen molar-refractivity contribution in [2.75, 3.05) is 0 Å². The Morgan fingerprint density at radius 2 is 1.57 bits per heavy atom. The molecule has 0 amide bonds. The molecule has 2 heteroatoms. The van der Waals surface area contributed by atoms with Crippen LogP contribution >= 0.6 is 0 Å². The van der Waals surface area contributed by atoms with Crippen LogP contribution in [0.5, 0.6) is 0 Å². The molecule has 1 fully saturated rings. The van der Waals surface area contributed by atoms with Crippen LogP contribution in [-0.2, 0) is 4.43 Å². The third-order valence-corrected chi connectivity index (χ3v) is 9.21. The average Bonchev–Trinajstić information content (AvgIpc) is 2.87. The minimum atomic E-state index is -2.14. The molecule has 0 spiro atoms. The molecule has 0 aliphatic carbocycles. The molecule has 0 N–H and O–H groups in total. The summed E-state index contributed by atoms with van der Waals surface area (Å²) in [5, 5.41) is 2.77. The van der Waals surface area contributed by atoms with E-state index in [9.17, 15) is 0 Å². The molecule has 1 nitrogen and oxygen atoms in total. The van der Waals surface area contributed by atoms with Crippen molar-refractivity contribution < 1.29 is 4.43 Å². The van der Waals surface area contributed by atoms with Crippen molar-refractivity contribution in [3.05, 3.63) is 73.3 Å². The Kier molecular flexibility index (Phi) is 4.09. The van der Waals surface area contributed by atoms with Gasteiger partial charge in [0.05, 0.1) is 0 Å². The van der Waals surface area contributed by atoms with E-state index in [1.54, 1.807) is 0 Å². The molecule has 1 heterocycles. The molecule has 3 rings (SSSR count). The van der Waals surface area contributed by atoms with Crippen LogP contribution in [0.4, 0.5) is 0 Å². The number of hydrogen-bond acceptors (Lipinski definition) is 1. The van der Waals surface area contributed by atoms with Crippen LogP contribution in [0.3, 0.4) is 0 Å². The van der Waals surface area contributed by atoms with Gasteiger partial charge in [0, 0.05) is 6.10 Å². The standard InChI is InChI=1S/C19H22OSi/c1-3-10-17-15-16(2)21(20-17,18-11-6-4-7-12-18)19-13-8-5-9-14-19/h3-9,11-14,16-17H,1,10,15H2,2H3/t16-,17-/m0/s1. The molecular formula is C19H22OSi. The highest BCUT2D eigenvalue weighted by Gasteiger charge is 2.51. The fourth-order valence-corrected chi connectivity index (χ4v) is 8.23. The van der Waals surface area contributed by atoms with E-state index in [2.05, 4.69) is 74.2 Å². The van der Waals surface area contributed by atoms with Crippen LogP contribution < -0.4 is 10.4 Å². The van der Waals surface area contributed by atoms with Gasteiger partial charge in [0.15, 0.2) is 0 Å². The Labute approximate surface area is 128 Å². The van der Waals surface area contributed by atoms with Gasteiger partial charge in [0.25, 0.3) is 8.32 Å². The lowest BCUT2D eigenvalue weighted by atomic mass is 10.1. The van der Waals surface area contributed by atoms with Gasteiger partial charge in [-0.15, -0.1) is 6.58 Å². The molecule has 1 saturated heterocycles. The van der Waals surface area contributed by atoms with E-state index in [0.29, 0.717) is 11.6 Å². The molecule has 0 aromatic heterocycles. The molecular weight excluding hydrogens is 272 g/mol. The summed E-state index contributed by atoms with van der Waals surface area (Å²) >= 11 is 0. The molecule has 21 heavy (non-hydrogen) atoms. The smallest absolute Gasteiger partial charge is 0.259 e. The van der Waals surface area contributed by atoms with Crippen LogP contribution in [0.1, 0.15) is 19.8 Å². The molecule has 1 aliphatic rings. The molecule has 0 saturated carbocycles. The van der Waals surface area contributed by atoms with E-state index >= 15 is 0 Å². The van der Waals surface area contributed by atoms with E-state index in [4.69, 9.17) is 4.43 Å². The maximum Gasteiger partial charge on any atom is 0.259 e. The molecule has 0 unspecified atom stereocenters. The van der Waals surface area contributed by atoms with Gasteiger partial charge in [0.1, 0.15) is 0 Å². The molecule has 0 radical (unpaired) electrons. The predicted octanol–water partition coefficient (Wildman–Crippen LogP) is 3.50. The summed E-state index contributed by atoms with van der Waals surface area (Å²) in [6.45, 7) is 6.23. The van der Waals surface area contributed by atoms with E-state index in [-0.39, 0.29) is 0 Å². The summed E-state index contributed by atoms with van der Waals surface area (Å²) in [4.78, 5) is 0. The zero-order chi connectivity index (χ0) is 14.7. The Hall–Kier alpha value is -1.64. The Bertz CT molecular complexity index is 554. The Morgan fingerprint density at radius 1 is 1.05 bits per heavy atom. The van der Waals surface area contributed by atoms with Crippen LogP contribution in [0.25, 0.3) is 0 Å². The van der Waals surface area contributed by atoms with Gasteiger partial charge >= 0.3 is 0 Å². The Balaban J connectivity index is 2.10. The van der Waals surface area contributed by atoms with Crippen molar-refractivity contribution in [3.63, 3.8) is 0 Å². The lowest BCUT2D eigenvalue weighted by Crippen LogP contribution is -2.61. The van der Waals surface area contributed by atoms with E-state index in [1.165, 1.54) is 10.4 Å². The van der Waals surface area contributed by atoms with Crippen LogP contribution in [0.15, 0.2) is 73.3 Å². The number of rotatable bonds is 4. The minimum Gasteiger partial charge on any atom is -0.404 e. The lowest BCUT2D eigenvalue weighted by molar-refractivity contribution is 0.232.